The SMILES string of the molecule is CCOc1c(/C(C)=C/C(=O)Nc2ccc(NC(C)=O)cc2)cc2c(-c3ccccc3)coc2c1C. The molecule has 178 valence electrons. The highest BCUT2D eigenvalue weighted by atomic mass is 16.5. The van der Waals surface area contributed by atoms with E-state index in [9.17, 15) is 9.59 Å². The number of carbonyl (C=O) groups is 2. The van der Waals surface area contributed by atoms with Crippen LogP contribution < -0.4 is 15.4 Å². The van der Waals surface area contributed by atoms with Gasteiger partial charge in [0.25, 0.3) is 0 Å². The van der Waals surface area contributed by atoms with Gasteiger partial charge < -0.3 is 19.8 Å². The zero-order chi connectivity index (χ0) is 24.9. The third-order valence-corrected chi connectivity index (χ3v) is 5.66. The number of hydrogen-bond acceptors (Lipinski definition) is 4. The Balaban J connectivity index is 1.68. The molecule has 0 atom stereocenters. The zero-order valence-electron chi connectivity index (χ0n) is 20.3. The lowest BCUT2D eigenvalue weighted by atomic mass is 9.96. The minimum atomic E-state index is -0.259. The molecule has 0 saturated heterocycles. The summed E-state index contributed by atoms with van der Waals surface area (Å²) in [6, 6.07) is 19.0. The molecule has 4 aromatic rings. The number of anilines is 2. The van der Waals surface area contributed by atoms with Gasteiger partial charge in [0, 0.05) is 46.5 Å². The third kappa shape index (κ3) is 5.27. The molecule has 0 aliphatic carbocycles. The molecule has 0 saturated carbocycles. The van der Waals surface area contributed by atoms with E-state index in [1.165, 1.54) is 6.92 Å². The van der Waals surface area contributed by atoms with Crippen molar-refractivity contribution >= 4 is 39.7 Å². The van der Waals surface area contributed by atoms with E-state index in [0.29, 0.717) is 23.7 Å². The number of furan rings is 1. The predicted octanol–water partition coefficient (Wildman–Crippen LogP) is 6.81. The van der Waals surface area contributed by atoms with Crippen LogP contribution in [-0.4, -0.2) is 18.4 Å². The fourth-order valence-corrected chi connectivity index (χ4v) is 4.07. The van der Waals surface area contributed by atoms with Crippen LogP contribution in [0.1, 0.15) is 31.9 Å². The molecule has 3 aromatic carbocycles. The van der Waals surface area contributed by atoms with E-state index in [4.69, 9.17) is 9.15 Å². The Morgan fingerprint density at radius 1 is 0.971 bits per heavy atom. The average Bonchev–Trinajstić information content (AvgIpc) is 3.26. The molecular formula is C29H28N2O4. The Labute approximate surface area is 204 Å². The minimum absolute atomic E-state index is 0.147. The van der Waals surface area contributed by atoms with Gasteiger partial charge >= 0.3 is 0 Å². The number of hydrogen-bond donors (Lipinski definition) is 2. The van der Waals surface area contributed by atoms with Crippen LogP contribution in [0.25, 0.3) is 27.7 Å². The predicted molar refractivity (Wildman–Crippen MR) is 141 cm³/mol. The van der Waals surface area contributed by atoms with Gasteiger partial charge in [-0.2, -0.15) is 0 Å². The van der Waals surface area contributed by atoms with Crippen molar-refractivity contribution < 1.29 is 18.7 Å². The van der Waals surface area contributed by atoms with E-state index in [1.54, 1.807) is 36.6 Å². The van der Waals surface area contributed by atoms with Crippen LogP contribution in [-0.2, 0) is 9.59 Å². The number of allylic oxidation sites excluding steroid dienone is 1. The Hall–Kier alpha value is -4.32. The molecule has 0 spiro atoms. The fourth-order valence-electron chi connectivity index (χ4n) is 4.07. The first-order chi connectivity index (χ1) is 16.9. The van der Waals surface area contributed by atoms with E-state index >= 15 is 0 Å². The fraction of sp³-hybridized carbons (Fsp3) is 0.172. The molecule has 6 nitrogen and oxygen atoms in total. The summed E-state index contributed by atoms with van der Waals surface area (Å²) in [4.78, 5) is 24.0. The number of ether oxygens (including phenoxy) is 1. The monoisotopic (exact) mass is 468 g/mol. The van der Waals surface area contributed by atoms with Gasteiger partial charge in [0.05, 0.1) is 12.9 Å². The summed E-state index contributed by atoms with van der Waals surface area (Å²) < 4.78 is 11.9. The van der Waals surface area contributed by atoms with Crippen molar-refractivity contribution in [2.75, 3.05) is 17.2 Å². The topological polar surface area (TPSA) is 80.6 Å². The second-order valence-electron chi connectivity index (χ2n) is 8.28. The summed E-state index contributed by atoms with van der Waals surface area (Å²) in [5.41, 5.74) is 6.62. The van der Waals surface area contributed by atoms with Crippen molar-refractivity contribution in [1.29, 1.82) is 0 Å². The molecule has 2 amide bonds. The zero-order valence-corrected chi connectivity index (χ0v) is 20.3. The lowest BCUT2D eigenvalue weighted by molar-refractivity contribution is -0.114. The quantitative estimate of drug-likeness (QED) is 0.292. The number of rotatable bonds is 7. The summed E-state index contributed by atoms with van der Waals surface area (Å²) in [5, 5.41) is 6.54. The maximum atomic E-state index is 12.8. The van der Waals surface area contributed by atoms with Gasteiger partial charge in [-0.25, -0.2) is 0 Å². The summed E-state index contributed by atoms with van der Waals surface area (Å²) >= 11 is 0. The van der Waals surface area contributed by atoms with Crippen LogP contribution in [0.2, 0.25) is 0 Å². The van der Waals surface area contributed by atoms with Crippen LogP contribution in [0.4, 0.5) is 11.4 Å². The molecule has 0 radical (unpaired) electrons. The first-order valence-electron chi connectivity index (χ1n) is 11.5. The second kappa shape index (κ2) is 10.3. The molecule has 1 aromatic heterocycles. The standard InChI is InChI=1S/C29H28N2O4/c1-5-34-28-19(3)29-25(26(17-35-29)21-9-7-6-8-10-21)16-24(28)18(2)15-27(33)31-23-13-11-22(12-14-23)30-20(4)32/h6-17H,5H2,1-4H3,(H,30,32)(H,31,33)/b18-15+. The lowest BCUT2D eigenvalue weighted by Crippen LogP contribution is -2.09. The van der Waals surface area contributed by atoms with Gasteiger partial charge in [0.2, 0.25) is 11.8 Å². The Morgan fingerprint density at radius 3 is 2.26 bits per heavy atom. The van der Waals surface area contributed by atoms with Gasteiger partial charge in [-0.3, -0.25) is 9.59 Å². The van der Waals surface area contributed by atoms with Crippen molar-refractivity contribution in [3.63, 3.8) is 0 Å². The third-order valence-electron chi connectivity index (χ3n) is 5.66. The molecule has 0 aliphatic rings. The maximum absolute atomic E-state index is 12.8. The molecule has 35 heavy (non-hydrogen) atoms. The summed E-state index contributed by atoms with van der Waals surface area (Å²) in [5.74, 6) is 0.298. The molecular weight excluding hydrogens is 440 g/mol. The Morgan fingerprint density at radius 2 is 1.63 bits per heavy atom. The van der Waals surface area contributed by atoms with E-state index < -0.39 is 0 Å². The summed E-state index contributed by atoms with van der Waals surface area (Å²) in [6.45, 7) is 7.74. The number of carbonyl (C=O) groups excluding carboxylic acids is 2. The van der Waals surface area contributed by atoms with Crippen LogP contribution in [0.3, 0.4) is 0 Å². The molecule has 0 unspecified atom stereocenters. The Kier molecular flexibility index (Phi) is 7.01. The van der Waals surface area contributed by atoms with Crippen molar-refractivity contribution in [3.05, 3.63) is 84.1 Å². The van der Waals surface area contributed by atoms with Crippen molar-refractivity contribution in [2.45, 2.75) is 27.7 Å². The van der Waals surface area contributed by atoms with Crippen molar-refractivity contribution in [2.24, 2.45) is 0 Å². The lowest BCUT2D eigenvalue weighted by Gasteiger charge is -2.15. The molecule has 0 bridgehead atoms. The first-order valence-corrected chi connectivity index (χ1v) is 11.5. The first kappa shape index (κ1) is 23.8. The highest BCUT2D eigenvalue weighted by Crippen LogP contribution is 2.40. The summed E-state index contributed by atoms with van der Waals surface area (Å²) in [7, 11) is 0. The molecule has 1 heterocycles. The smallest absolute Gasteiger partial charge is 0.248 e. The number of nitrogens with one attached hydrogen (secondary N) is 2. The molecule has 0 fully saturated rings. The van der Waals surface area contributed by atoms with Crippen molar-refractivity contribution in [1.82, 2.24) is 0 Å². The van der Waals surface area contributed by atoms with Crippen LogP contribution in [0, 0.1) is 6.92 Å². The number of benzene rings is 3. The van der Waals surface area contributed by atoms with Gasteiger partial charge in [-0.05, 0) is 62.2 Å². The highest BCUT2D eigenvalue weighted by Gasteiger charge is 2.19. The largest absolute Gasteiger partial charge is 0.493 e. The molecule has 2 N–H and O–H groups in total. The summed E-state index contributed by atoms with van der Waals surface area (Å²) in [6.07, 6.45) is 3.33. The van der Waals surface area contributed by atoms with E-state index in [1.807, 2.05) is 57.2 Å². The van der Waals surface area contributed by atoms with Crippen LogP contribution in [0.5, 0.6) is 5.75 Å². The van der Waals surface area contributed by atoms with Gasteiger partial charge in [-0.1, -0.05) is 30.3 Å². The number of fused-ring (bicyclic) bond motifs is 1. The number of amides is 2. The molecule has 0 aliphatic heterocycles. The van der Waals surface area contributed by atoms with Gasteiger partial charge in [0.15, 0.2) is 0 Å². The molecule has 6 heteroatoms. The van der Waals surface area contributed by atoms with Crippen LogP contribution in [0.15, 0.2) is 77.4 Å². The minimum Gasteiger partial charge on any atom is -0.493 e. The molecule has 4 rings (SSSR count). The van der Waals surface area contributed by atoms with Gasteiger partial charge in [-0.15, -0.1) is 0 Å². The van der Waals surface area contributed by atoms with Gasteiger partial charge in [0.1, 0.15) is 11.3 Å². The van der Waals surface area contributed by atoms with Crippen molar-refractivity contribution in [3.8, 4) is 16.9 Å². The van der Waals surface area contributed by atoms with E-state index in [0.717, 1.165) is 38.8 Å². The maximum Gasteiger partial charge on any atom is 0.248 e. The highest BCUT2D eigenvalue weighted by molar-refractivity contribution is 6.06. The Bertz CT molecular complexity index is 1400. The van der Waals surface area contributed by atoms with E-state index in [-0.39, 0.29) is 11.8 Å². The normalized spacial score (nSPS) is 11.4. The van der Waals surface area contributed by atoms with Crippen LogP contribution >= 0.6 is 0 Å². The number of aryl methyl sites for hydroxylation is 1. The average molecular weight is 469 g/mol. The second-order valence-corrected chi connectivity index (χ2v) is 8.28. The van der Waals surface area contributed by atoms with E-state index in [2.05, 4.69) is 10.6 Å².